The number of benzene rings is 2. The Hall–Kier alpha value is -2.59. The van der Waals surface area contributed by atoms with E-state index < -0.39 is 54.1 Å². The average molecular weight is 405 g/mol. The fourth-order valence-electron chi connectivity index (χ4n) is 2.23. The molecule has 7 nitrogen and oxygen atoms in total. The largest absolute Gasteiger partial charge is 0.289 e. The summed E-state index contributed by atoms with van der Waals surface area (Å²) in [5.74, 6) is -2.25. The van der Waals surface area contributed by atoms with Crippen LogP contribution in [0.3, 0.4) is 0 Å². The summed E-state index contributed by atoms with van der Waals surface area (Å²) in [5, 5.41) is 9.99. The van der Waals surface area contributed by atoms with Crippen LogP contribution in [0.2, 0.25) is 0 Å². The molecule has 0 amide bonds. The molecule has 138 valence electrons. The highest BCUT2D eigenvalue weighted by Gasteiger charge is 2.38. The molecule has 1 unspecified atom stereocenters. The van der Waals surface area contributed by atoms with Crippen LogP contribution in [0.4, 0.5) is 20.2 Å². The van der Waals surface area contributed by atoms with E-state index in [1.807, 2.05) is 0 Å². The third kappa shape index (κ3) is 3.65. The number of nitro groups is 1. The highest BCUT2D eigenvalue weighted by atomic mass is 35.5. The van der Waals surface area contributed by atoms with Gasteiger partial charge in [-0.15, -0.1) is 0 Å². The zero-order chi connectivity index (χ0) is 19.6. The lowest BCUT2D eigenvalue weighted by Gasteiger charge is -2.28. The van der Waals surface area contributed by atoms with E-state index in [4.69, 9.17) is 11.6 Å². The summed E-state index contributed by atoms with van der Waals surface area (Å²) in [6, 6.07) is 4.75. The van der Waals surface area contributed by atoms with Crippen molar-refractivity contribution in [2.45, 2.75) is 17.9 Å². The van der Waals surface area contributed by atoms with Gasteiger partial charge in [-0.1, -0.05) is 12.1 Å². The lowest BCUT2D eigenvalue weighted by molar-refractivity contribution is -0.387. The summed E-state index contributed by atoms with van der Waals surface area (Å²) in [6.07, 6.45) is 0. The number of nitrogens with zero attached hydrogens (tertiary/aromatic N) is 2. The van der Waals surface area contributed by atoms with Crippen molar-refractivity contribution in [3.05, 3.63) is 64.2 Å². The molecule has 2 rings (SSSR count). The predicted octanol–water partition coefficient (Wildman–Crippen LogP) is 3.22. The normalized spacial score (nSPS) is 12.5. The monoisotopic (exact) mass is 404 g/mol. The number of nitro benzene ring substituents is 1. The number of carbonyl (C=O) groups excluding carboxylic acids is 1. The second-order valence-electron chi connectivity index (χ2n) is 5.10. The third-order valence-electron chi connectivity index (χ3n) is 3.43. The molecular formula is C15H11ClF2N2O5S. The summed E-state index contributed by atoms with van der Waals surface area (Å²) in [4.78, 5) is 21.0. The van der Waals surface area contributed by atoms with Crippen molar-refractivity contribution in [2.24, 2.45) is 0 Å². The van der Waals surface area contributed by atoms with Crippen molar-refractivity contribution in [3.8, 4) is 0 Å². The Labute approximate surface area is 152 Å². The van der Waals surface area contributed by atoms with Crippen molar-refractivity contribution < 1.29 is 26.9 Å². The molecule has 0 aliphatic rings. The van der Waals surface area contributed by atoms with Crippen LogP contribution in [0.1, 0.15) is 6.92 Å². The van der Waals surface area contributed by atoms with Gasteiger partial charge in [-0.25, -0.2) is 17.2 Å². The molecular weight excluding hydrogens is 394 g/mol. The summed E-state index contributed by atoms with van der Waals surface area (Å²) < 4.78 is 53.6. The van der Waals surface area contributed by atoms with Crippen LogP contribution < -0.4 is 4.31 Å². The van der Waals surface area contributed by atoms with Gasteiger partial charge in [0.2, 0.25) is 5.24 Å². The second kappa shape index (κ2) is 7.34. The Kier molecular flexibility index (Phi) is 5.57. The number of para-hydroxylation sites is 1. The van der Waals surface area contributed by atoms with Crippen LogP contribution >= 0.6 is 11.6 Å². The molecule has 2 aromatic carbocycles. The summed E-state index contributed by atoms with van der Waals surface area (Å²) in [5.41, 5.74) is -1.44. The number of sulfonamides is 1. The van der Waals surface area contributed by atoms with Crippen molar-refractivity contribution in [1.82, 2.24) is 0 Å². The molecule has 2 aromatic rings. The van der Waals surface area contributed by atoms with Crippen molar-refractivity contribution in [3.63, 3.8) is 0 Å². The average Bonchev–Trinajstić information content (AvgIpc) is 2.56. The first kappa shape index (κ1) is 19.7. The molecule has 0 N–H and O–H groups in total. The van der Waals surface area contributed by atoms with Crippen molar-refractivity contribution in [2.75, 3.05) is 4.31 Å². The molecule has 11 heteroatoms. The van der Waals surface area contributed by atoms with Gasteiger partial charge in [-0.05, 0) is 36.7 Å². The van der Waals surface area contributed by atoms with E-state index >= 15 is 0 Å². The lowest BCUT2D eigenvalue weighted by atomic mass is 10.2. The quantitative estimate of drug-likeness (QED) is 0.418. The number of halogens is 3. The zero-order valence-corrected chi connectivity index (χ0v) is 14.7. The molecule has 0 aromatic heterocycles. The number of rotatable bonds is 6. The smallest absolute Gasteiger partial charge is 0.279 e. The second-order valence-corrected chi connectivity index (χ2v) is 7.26. The Morgan fingerprint density at radius 2 is 1.85 bits per heavy atom. The maximum Gasteiger partial charge on any atom is 0.289 e. The van der Waals surface area contributed by atoms with Gasteiger partial charge < -0.3 is 0 Å². The zero-order valence-electron chi connectivity index (χ0n) is 13.1. The topological polar surface area (TPSA) is 97.6 Å². The van der Waals surface area contributed by atoms with Gasteiger partial charge in [0.05, 0.1) is 10.6 Å². The Morgan fingerprint density at radius 3 is 2.38 bits per heavy atom. The van der Waals surface area contributed by atoms with Crippen LogP contribution in [0.15, 0.2) is 47.4 Å². The minimum Gasteiger partial charge on any atom is -0.279 e. The van der Waals surface area contributed by atoms with Gasteiger partial charge >= 0.3 is 0 Å². The predicted molar refractivity (Wildman–Crippen MR) is 89.4 cm³/mol. The first-order valence-electron chi connectivity index (χ1n) is 6.99. The SMILES string of the molecule is CC(C(=O)Cl)N(c1ccc(F)cc1F)S(=O)(=O)c1ccccc1[N+](=O)[O-]. The van der Waals surface area contributed by atoms with Gasteiger partial charge in [0.1, 0.15) is 17.7 Å². The number of anilines is 1. The minimum atomic E-state index is -4.79. The first-order chi connectivity index (χ1) is 12.1. The van der Waals surface area contributed by atoms with E-state index in [9.17, 15) is 32.1 Å². The molecule has 26 heavy (non-hydrogen) atoms. The summed E-state index contributed by atoms with van der Waals surface area (Å²) in [6.45, 7) is 1.07. The number of hydrogen-bond acceptors (Lipinski definition) is 5. The van der Waals surface area contributed by atoms with E-state index in [0.717, 1.165) is 31.2 Å². The van der Waals surface area contributed by atoms with E-state index in [0.29, 0.717) is 10.4 Å². The van der Waals surface area contributed by atoms with Crippen LogP contribution in [-0.2, 0) is 14.8 Å². The summed E-state index contributed by atoms with van der Waals surface area (Å²) in [7, 11) is -4.79. The van der Waals surface area contributed by atoms with E-state index in [1.54, 1.807) is 0 Å². The maximum atomic E-state index is 14.2. The van der Waals surface area contributed by atoms with Gasteiger partial charge in [0, 0.05) is 12.1 Å². The van der Waals surface area contributed by atoms with Gasteiger partial charge in [0.25, 0.3) is 15.7 Å². The molecule has 0 fully saturated rings. The molecule has 1 atom stereocenters. The van der Waals surface area contributed by atoms with Crippen molar-refractivity contribution in [1.29, 1.82) is 0 Å². The Balaban J connectivity index is 2.77. The van der Waals surface area contributed by atoms with Crippen LogP contribution in [-0.4, -0.2) is 24.6 Å². The van der Waals surface area contributed by atoms with Gasteiger partial charge in [-0.3, -0.25) is 19.2 Å². The number of carbonyl (C=O) groups is 1. The van der Waals surface area contributed by atoms with Crippen LogP contribution in [0.25, 0.3) is 0 Å². The molecule has 0 spiro atoms. The van der Waals surface area contributed by atoms with Crippen LogP contribution in [0.5, 0.6) is 0 Å². The summed E-state index contributed by atoms with van der Waals surface area (Å²) >= 11 is 5.38. The third-order valence-corrected chi connectivity index (χ3v) is 5.67. The molecule has 0 bridgehead atoms. The highest BCUT2D eigenvalue weighted by Crippen LogP contribution is 2.33. The van der Waals surface area contributed by atoms with Crippen molar-refractivity contribution >= 4 is 38.2 Å². The maximum absolute atomic E-state index is 14.2. The molecule has 0 radical (unpaired) electrons. The molecule has 0 heterocycles. The minimum absolute atomic E-state index is 0.291. The fraction of sp³-hybridized carbons (Fsp3) is 0.133. The molecule has 0 aliphatic carbocycles. The molecule has 0 saturated heterocycles. The fourth-order valence-corrected chi connectivity index (χ4v) is 4.17. The van der Waals surface area contributed by atoms with E-state index in [2.05, 4.69) is 0 Å². The molecule has 0 saturated carbocycles. The van der Waals surface area contributed by atoms with Gasteiger partial charge in [-0.2, -0.15) is 0 Å². The van der Waals surface area contributed by atoms with Crippen LogP contribution in [0, 0.1) is 21.7 Å². The van der Waals surface area contributed by atoms with E-state index in [1.165, 1.54) is 12.1 Å². The van der Waals surface area contributed by atoms with E-state index in [-0.39, 0.29) is 0 Å². The number of hydrogen-bond donors (Lipinski definition) is 0. The highest BCUT2D eigenvalue weighted by molar-refractivity contribution is 7.93. The molecule has 0 aliphatic heterocycles. The Bertz CT molecular complexity index is 984. The van der Waals surface area contributed by atoms with Gasteiger partial charge in [0.15, 0.2) is 4.90 Å². The first-order valence-corrected chi connectivity index (χ1v) is 8.81. The standard InChI is InChI=1S/C15H11ClF2N2O5S/c1-9(15(16)21)19(12-7-6-10(17)8-11(12)18)26(24,25)14-5-3-2-4-13(14)20(22)23/h2-9H,1H3. The lowest BCUT2D eigenvalue weighted by Crippen LogP contribution is -2.42. The Morgan fingerprint density at radius 1 is 1.23 bits per heavy atom.